The minimum absolute atomic E-state index is 0. The number of hydrogen-bond acceptors (Lipinski definition) is 13. The zero-order valence-corrected chi connectivity index (χ0v) is 10.1. The molecule has 18 heteroatoms. The van der Waals surface area contributed by atoms with Crippen molar-refractivity contribution in [1.82, 2.24) is 6.15 Å². The van der Waals surface area contributed by atoms with Crippen LogP contribution in [0, 0.1) is 61.3 Å². The van der Waals surface area contributed by atoms with Crippen LogP contribution in [0.4, 0.5) is 0 Å². The molecule has 0 bridgehead atoms. The second kappa shape index (κ2) is 29.3. The van der Waals surface area contributed by atoms with Gasteiger partial charge in [0.25, 0.3) is 0 Å². The van der Waals surface area contributed by atoms with Gasteiger partial charge in [-0.15, -0.1) is 0 Å². The predicted octanol–water partition coefficient (Wildman–Crippen LogP) is -0.797. The van der Waals surface area contributed by atoms with Crippen LogP contribution < -0.4 is 6.15 Å². The van der Waals surface area contributed by atoms with Gasteiger partial charge in [-0.1, -0.05) is 0 Å². The van der Waals surface area contributed by atoms with Gasteiger partial charge in [-0.2, -0.15) is 0 Å². The molecular formula is H3IrN5O12-4. The summed E-state index contributed by atoms with van der Waals surface area (Å²) < 4.78 is 0. The zero-order valence-electron chi connectivity index (χ0n) is 7.73. The minimum atomic E-state index is -1.75. The van der Waals surface area contributed by atoms with Gasteiger partial charge in [-0.3, -0.25) is 0 Å². The fourth-order valence-electron chi connectivity index (χ4n) is 0. The summed E-state index contributed by atoms with van der Waals surface area (Å²) in [5.41, 5.74) is 0. The molecule has 0 saturated carbocycles. The molecule has 0 aliphatic heterocycles. The molecule has 0 heterocycles. The Morgan fingerprint density at radius 1 is 0.444 bits per heavy atom. The van der Waals surface area contributed by atoms with Crippen molar-refractivity contribution in [2.45, 2.75) is 0 Å². The van der Waals surface area contributed by atoms with Crippen molar-refractivity contribution >= 4 is 0 Å². The Morgan fingerprint density at radius 2 is 0.444 bits per heavy atom. The minimum Gasteiger partial charge on any atom is -0.356 e. The maximum atomic E-state index is 8.25. The van der Waals surface area contributed by atoms with Gasteiger partial charge in [0.15, 0.2) is 0 Å². The van der Waals surface area contributed by atoms with Crippen LogP contribution in [0.15, 0.2) is 0 Å². The first kappa shape index (κ1) is 36.1. The third kappa shape index (κ3) is 308. The van der Waals surface area contributed by atoms with E-state index in [2.05, 4.69) is 0 Å². The molecule has 0 fully saturated rings. The van der Waals surface area contributed by atoms with Crippen LogP contribution in [0.25, 0.3) is 0 Å². The average molecular weight is 457 g/mol. The summed E-state index contributed by atoms with van der Waals surface area (Å²) >= 11 is 0. The summed E-state index contributed by atoms with van der Waals surface area (Å²) in [6.45, 7) is 0. The van der Waals surface area contributed by atoms with Crippen LogP contribution in [0.1, 0.15) is 0 Å². The van der Waals surface area contributed by atoms with Crippen LogP contribution in [-0.4, -0.2) is 20.3 Å². The van der Waals surface area contributed by atoms with Crippen LogP contribution in [0.2, 0.25) is 0 Å². The van der Waals surface area contributed by atoms with E-state index in [4.69, 9.17) is 61.3 Å². The molecule has 0 spiro atoms. The number of hydrogen-bond donors (Lipinski definition) is 1. The Labute approximate surface area is 109 Å². The van der Waals surface area contributed by atoms with Gasteiger partial charge in [0.2, 0.25) is 0 Å². The van der Waals surface area contributed by atoms with Crippen LogP contribution in [-0.2, 0) is 20.1 Å². The predicted molar refractivity (Wildman–Crippen MR) is 46.5 cm³/mol. The molecule has 0 saturated heterocycles. The summed E-state index contributed by atoms with van der Waals surface area (Å²) in [4.78, 5) is 33.0. The van der Waals surface area contributed by atoms with E-state index in [1.807, 2.05) is 0 Å². The van der Waals surface area contributed by atoms with E-state index in [0.29, 0.717) is 0 Å². The molecule has 17 nitrogen and oxygen atoms in total. The third-order valence-corrected chi connectivity index (χ3v) is 0. The van der Waals surface area contributed by atoms with Gasteiger partial charge in [-0.25, -0.2) is 0 Å². The largest absolute Gasteiger partial charge is 0.356 e. The Balaban J connectivity index is -0.0000000257. The van der Waals surface area contributed by atoms with Crippen LogP contribution in [0.3, 0.4) is 0 Å². The first-order valence-electron chi connectivity index (χ1n) is 2.19. The van der Waals surface area contributed by atoms with Crippen molar-refractivity contribution in [3.8, 4) is 0 Å². The van der Waals surface area contributed by atoms with Crippen molar-refractivity contribution < 1.29 is 40.5 Å². The van der Waals surface area contributed by atoms with E-state index in [0.717, 1.165) is 0 Å². The van der Waals surface area contributed by atoms with E-state index in [-0.39, 0.29) is 26.3 Å². The van der Waals surface area contributed by atoms with E-state index in [1.54, 1.807) is 0 Å². The summed E-state index contributed by atoms with van der Waals surface area (Å²) in [7, 11) is 0. The van der Waals surface area contributed by atoms with Gasteiger partial charge in [0.05, 0.1) is 20.3 Å². The smallest absolute Gasteiger partial charge is 0.0689 e. The van der Waals surface area contributed by atoms with Gasteiger partial charge < -0.3 is 67.4 Å². The number of nitrogens with zero attached hydrogens (tertiary/aromatic N) is 4. The monoisotopic (exact) mass is 458 g/mol. The number of rotatable bonds is 0. The van der Waals surface area contributed by atoms with E-state index < -0.39 is 20.3 Å². The van der Waals surface area contributed by atoms with Crippen molar-refractivity contribution in [3.05, 3.63) is 61.3 Å². The van der Waals surface area contributed by atoms with Gasteiger partial charge in [0, 0.05) is 20.1 Å². The molecular weight excluding hydrogens is 454 g/mol. The second-order valence-electron chi connectivity index (χ2n) is 0.894. The summed E-state index contributed by atoms with van der Waals surface area (Å²) in [5.74, 6) is 0. The first-order chi connectivity index (χ1) is 6.93. The van der Waals surface area contributed by atoms with Gasteiger partial charge in [0.1, 0.15) is 0 Å². The van der Waals surface area contributed by atoms with E-state index in [1.165, 1.54) is 0 Å². The summed E-state index contributed by atoms with van der Waals surface area (Å²) in [6, 6.07) is 0. The summed E-state index contributed by atoms with van der Waals surface area (Å²) in [6.07, 6.45) is 0. The summed E-state index contributed by atoms with van der Waals surface area (Å²) in [5, 5.41) is 59.0. The Morgan fingerprint density at radius 3 is 0.444 bits per heavy atom. The fourth-order valence-corrected chi connectivity index (χ4v) is 0. The zero-order chi connectivity index (χ0) is 14.3. The molecule has 0 aliphatic rings. The Kier molecular flexibility index (Phi) is 58.8. The van der Waals surface area contributed by atoms with Crippen molar-refractivity contribution in [2.24, 2.45) is 0 Å². The Hall–Kier alpha value is -2.59. The second-order valence-corrected chi connectivity index (χ2v) is 0.894. The molecule has 113 valence electrons. The standard InChI is InChI=1S/Ir.4NO3.H3N/c;4*2-1(3)4;/h;;;;;1H3/q;4*-1;. The maximum Gasteiger partial charge on any atom is 0.0689 e. The normalized spacial score (nSPS) is 5.33. The first-order valence-corrected chi connectivity index (χ1v) is 2.19. The average Bonchev–Trinajstić information content (AvgIpc) is 1.76. The molecule has 0 aromatic heterocycles. The van der Waals surface area contributed by atoms with Crippen molar-refractivity contribution in [3.63, 3.8) is 0 Å². The molecule has 0 rings (SSSR count). The topological polar surface area (TPSA) is 300 Å². The third-order valence-electron chi connectivity index (χ3n) is 0. The fraction of sp³-hybridized carbons (Fsp3) is 0. The SMILES string of the molecule is N.O=[N+]([O-])[O-].O=[N+]([O-])[O-].O=[N+]([O-])[O-].O=[N+]([O-])[O-].[Ir]. The molecule has 0 aromatic rings. The van der Waals surface area contributed by atoms with Crippen molar-refractivity contribution in [1.29, 1.82) is 0 Å². The van der Waals surface area contributed by atoms with Gasteiger partial charge in [-0.05, 0) is 0 Å². The van der Waals surface area contributed by atoms with Gasteiger partial charge >= 0.3 is 0 Å². The quantitative estimate of drug-likeness (QED) is 0.344. The molecule has 0 aliphatic carbocycles. The molecule has 0 atom stereocenters. The Bertz CT molecular complexity index is 161. The van der Waals surface area contributed by atoms with Crippen LogP contribution >= 0.6 is 0 Å². The molecule has 0 amide bonds. The van der Waals surface area contributed by atoms with Crippen molar-refractivity contribution in [2.75, 3.05) is 0 Å². The van der Waals surface area contributed by atoms with Crippen LogP contribution in [0.5, 0.6) is 0 Å². The molecule has 1 radical (unpaired) electrons. The molecule has 0 unspecified atom stereocenters. The molecule has 0 aromatic carbocycles. The van der Waals surface area contributed by atoms with E-state index in [9.17, 15) is 0 Å². The molecule has 3 N–H and O–H groups in total. The maximum absolute atomic E-state index is 8.25. The van der Waals surface area contributed by atoms with E-state index >= 15 is 0 Å². The molecule has 18 heavy (non-hydrogen) atoms.